The third kappa shape index (κ3) is 1.55. The Labute approximate surface area is 84.7 Å². The summed E-state index contributed by atoms with van der Waals surface area (Å²) in [5.74, 6) is 0.988. The molecule has 0 saturated carbocycles. The van der Waals surface area contributed by atoms with Gasteiger partial charge in [0.15, 0.2) is 0 Å². The molecular formula is C11H16N2O. The maximum atomic E-state index is 5.68. The lowest BCUT2D eigenvalue weighted by molar-refractivity contribution is 0.264. The van der Waals surface area contributed by atoms with Gasteiger partial charge in [-0.1, -0.05) is 12.1 Å². The van der Waals surface area contributed by atoms with E-state index in [-0.39, 0.29) is 0 Å². The molecule has 3 heteroatoms. The Morgan fingerprint density at radius 3 is 3.07 bits per heavy atom. The van der Waals surface area contributed by atoms with Gasteiger partial charge in [-0.05, 0) is 19.2 Å². The van der Waals surface area contributed by atoms with Crippen LogP contribution in [-0.2, 0) is 0 Å². The van der Waals surface area contributed by atoms with E-state index in [2.05, 4.69) is 23.3 Å². The Balaban J connectivity index is 2.22. The van der Waals surface area contributed by atoms with Crippen LogP contribution in [0.4, 0.5) is 5.69 Å². The molecule has 0 aliphatic carbocycles. The highest BCUT2D eigenvalue weighted by Gasteiger charge is 2.23. The fourth-order valence-electron chi connectivity index (χ4n) is 1.80. The highest BCUT2D eigenvalue weighted by Crippen LogP contribution is 2.31. The first-order valence-electron chi connectivity index (χ1n) is 4.92. The molecule has 1 aliphatic rings. The summed E-state index contributed by atoms with van der Waals surface area (Å²) in [6.45, 7) is 1.71. The lowest BCUT2D eigenvalue weighted by atomic mass is 10.1. The Kier molecular flexibility index (Phi) is 2.59. The van der Waals surface area contributed by atoms with Crippen molar-refractivity contribution in [1.82, 2.24) is 5.32 Å². The average molecular weight is 192 g/mol. The normalized spacial score (nSPS) is 20.1. The molecule has 0 saturated heterocycles. The summed E-state index contributed by atoms with van der Waals surface area (Å²) in [6.07, 6.45) is 0. The zero-order valence-electron chi connectivity index (χ0n) is 8.66. The van der Waals surface area contributed by atoms with Crippen molar-refractivity contribution in [3.05, 3.63) is 24.3 Å². The number of benzene rings is 1. The van der Waals surface area contributed by atoms with E-state index < -0.39 is 0 Å². The molecular weight excluding hydrogens is 176 g/mol. The predicted molar refractivity (Wildman–Crippen MR) is 58.1 cm³/mol. The van der Waals surface area contributed by atoms with Crippen LogP contribution < -0.4 is 15.0 Å². The molecule has 0 aromatic heterocycles. The summed E-state index contributed by atoms with van der Waals surface area (Å²) in [4.78, 5) is 2.27. The smallest absolute Gasteiger partial charge is 0.142 e. The minimum atomic E-state index is 0.426. The van der Waals surface area contributed by atoms with Gasteiger partial charge in [-0.25, -0.2) is 0 Å². The molecule has 0 radical (unpaired) electrons. The van der Waals surface area contributed by atoms with Crippen molar-refractivity contribution in [3.8, 4) is 5.75 Å². The monoisotopic (exact) mass is 192 g/mol. The van der Waals surface area contributed by atoms with E-state index in [4.69, 9.17) is 4.74 Å². The number of para-hydroxylation sites is 2. The molecule has 0 bridgehead atoms. The van der Waals surface area contributed by atoms with Gasteiger partial charge < -0.3 is 15.0 Å². The van der Waals surface area contributed by atoms with Gasteiger partial charge in [0.25, 0.3) is 0 Å². The molecule has 76 valence electrons. The summed E-state index contributed by atoms with van der Waals surface area (Å²) in [6, 6.07) is 8.58. The van der Waals surface area contributed by atoms with Crippen molar-refractivity contribution in [2.24, 2.45) is 0 Å². The first-order chi connectivity index (χ1) is 6.83. The van der Waals surface area contributed by atoms with Crippen LogP contribution in [0.15, 0.2) is 24.3 Å². The van der Waals surface area contributed by atoms with Crippen molar-refractivity contribution in [3.63, 3.8) is 0 Å². The number of hydrogen-bond acceptors (Lipinski definition) is 3. The number of likely N-dealkylation sites (N-methyl/N-ethyl adjacent to an activating group) is 2. The topological polar surface area (TPSA) is 24.5 Å². The molecule has 1 aliphatic heterocycles. The molecule has 1 heterocycles. The molecule has 1 unspecified atom stereocenters. The van der Waals surface area contributed by atoms with Gasteiger partial charge in [0, 0.05) is 13.6 Å². The standard InChI is InChI=1S/C11H16N2O/c1-12-7-9-8-14-11-6-4-3-5-10(11)13(9)2/h3-6,9,12H,7-8H2,1-2H3. The first kappa shape index (κ1) is 9.34. The molecule has 1 aromatic carbocycles. The van der Waals surface area contributed by atoms with E-state index in [9.17, 15) is 0 Å². The third-order valence-corrected chi connectivity index (χ3v) is 2.66. The lowest BCUT2D eigenvalue weighted by Crippen LogP contribution is -2.46. The number of nitrogens with one attached hydrogen (secondary N) is 1. The summed E-state index contributed by atoms with van der Waals surface area (Å²) in [5, 5.41) is 3.18. The molecule has 1 aromatic rings. The van der Waals surface area contributed by atoms with Gasteiger partial charge in [-0.15, -0.1) is 0 Å². The Bertz CT molecular complexity index is 314. The summed E-state index contributed by atoms with van der Waals surface area (Å²) in [5.41, 5.74) is 1.18. The average Bonchev–Trinajstić information content (AvgIpc) is 2.23. The molecule has 0 amide bonds. The molecule has 1 N–H and O–H groups in total. The summed E-state index contributed by atoms with van der Waals surface area (Å²) in [7, 11) is 4.08. The molecule has 0 spiro atoms. The maximum absolute atomic E-state index is 5.68. The van der Waals surface area contributed by atoms with Crippen LogP contribution in [0.2, 0.25) is 0 Å². The number of ether oxygens (including phenoxy) is 1. The molecule has 3 nitrogen and oxygen atoms in total. The number of fused-ring (bicyclic) bond motifs is 1. The maximum Gasteiger partial charge on any atom is 0.142 e. The SMILES string of the molecule is CNCC1COc2ccccc2N1C. The van der Waals surface area contributed by atoms with Gasteiger partial charge in [0.2, 0.25) is 0 Å². The number of hydrogen-bond donors (Lipinski definition) is 1. The van der Waals surface area contributed by atoms with E-state index >= 15 is 0 Å². The van der Waals surface area contributed by atoms with Crippen molar-refractivity contribution >= 4 is 5.69 Å². The van der Waals surface area contributed by atoms with Gasteiger partial charge in [0.05, 0.1) is 11.7 Å². The van der Waals surface area contributed by atoms with Crippen LogP contribution in [0.25, 0.3) is 0 Å². The van der Waals surface area contributed by atoms with Crippen LogP contribution in [0.5, 0.6) is 5.75 Å². The highest BCUT2D eigenvalue weighted by molar-refractivity contribution is 5.60. The molecule has 0 fully saturated rings. The predicted octanol–water partition coefficient (Wildman–Crippen LogP) is 1.10. The van der Waals surface area contributed by atoms with Crippen LogP contribution in [0.3, 0.4) is 0 Å². The van der Waals surface area contributed by atoms with Crippen LogP contribution in [-0.4, -0.2) is 33.3 Å². The van der Waals surface area contributed by atoms with E-state index in [1.54, 1.807) is 0 Å². The van der Waals surface area contributed by atoms with E-state index in [0.717, 1.165) is 18.9 Å². The minimum absolute atomic E-state index is 0.426. The van der Waals surface area contributed by atoms with E-state index in [1.165, 1.54) is 5.69 Å². The molecule has 2 rings (SSSR count). The van der Waals surface area contributed by atoms with Crippen molar-refractivity contribution in [2.45, 2.75) is 6.04 Å². The van der Waals surface area contributed by atoms with Crippen molar-refractivity contribution in [1.29, 1.82) is 0 Å². The molecule has 14 heavy (non-hydrogen) atoms. The van der Waals surface area contributed by atoms with Gasteiger partial charge >= 0.3 is 0 Å². The Morgan fingerprint density at radius 1 is 1.50 bits per heavy atom. The second-order valence-electron chi connectivity index (χ2n) is 3.60. The van der Waals surface area contributed by atoms with Gasteiger partial charge in [-0.2, -0.15) is 0 Å². The zero-order chi connectivity index (χ0) is 9.97. The number of anilines is 1. The quantitative estimate of drug-likeness (QED) is 0.759. The van der Waals surface area contributed by atoms with Crippen LogP contribution in [0.1, 0.15) is 0 Å². The fourth-order valence-corrected chi connectivity index (χ4v) is 1.80. The minimum Gasteiger partial charge on any atom is -0.489 e. The van der Waals surface area contributed by atoms with E-state index in [0.29, 0.717) is 6.04 Å². The zero-order valence-corrected chi connectivity index (χ0v) is 8.66. The second-order valence-corrected chi connectivity index (χ2v) is 3.60. The van der Waals surface area contributed by atoms with Crippen LogP contribution >= 0.6 is 0 Å². The number of nitrogens with zero attached hydrogens (tertiary/aromatic N) is 1. The lowest BCUT2D eigenvalue weighted by Gasteiger charge is -2.35. The van der Waals surface area contributed by atoms with Crippen molar-refractivity contribution in [2.75, 3.05) is 32.1 Å². The highest BCUT2D eigenvalue weighted by atomic mass is 16.5. The van der Waals surface area contributed by atoms with Crippen molar-refractivity contribution < 1.29 is 4.74 Å². The van der Waals surface area contributed by atoms with Crippen LogP contribution in [0, 0.1) is 0 Å². The van der Waals surface area contributed by atoms with Gasteiger partial charge in [0.1, 0.15) is 12.4 Å². The molecule has 1 atom stereocenters. The third-order valence-electron chi connectivity index (χ3n) is 2.66. The Hall–Kier alpha value is -1.22. The fraction of sp³-hybridized carbons (Fsp3) is 0.455. The van der Waals surface area contributed by atoms with Gasteiger partial charge in [-0.3, -0.25) is 0 Å². The van der Waals surface area contributed by atoms with E-state index in [1.807, 2.05) is 25.2 Å². The first-order valence-corrected chi connectivity index (χ1v) is 4.92. The Morgan fingerprint density at radius 2 is 2.29 bits per heavy atom. The second kappa shape index (κ2) is 3.88. The summed E-state index contributed by atoms with van der Waals surface area (Å²) < 4.78 is 5.68. The largest absolute Gasteiger partial charge is 0.489 e. The number of rotatable bonds is 2. The summed E-state index contributed by atoms with van der Waals surface area (Å²) >= 11 is 0.